The Labute approximate surface area is 156 Å². The van der Waals surface area contributed by atoms with Crippen molar-refractivity contribution < 1.29 is 13.9 Å². The van der Waals surface area contributed by atoms with Crippen LogP contribution in [0.25, 0.3) is 21.9 Å². The van der Waals surface area contributed by atoms with E-state index in [0.717, 1.165) is 27.4 Å². The summed E-state index contributed by atoms with van der Waals surface area (Å²) in [5, 5.41) is 2.04. The monoisotopic (exact) mass is 364 g/mol. The van der Waals surface area contributed by atoms with Crippen LogP contribution in [-0.2, 0) is 13.0 Å². The van der Waals surface area contributed by atoms with Gasteiger partial charge in [-0.25, -0.2) is 4.79 Å². The van der Waals surface area contributed by atoms with E-state index < -0.39 is 0 Å². The van der Waals surface area contributed by atoms with E-state index in [0.29, 0.717) is 30.0 Å². The number of hydrogen-bond donors (Lipinski definition) is 0. The van der Waals surface area contributed by atoms with Gasteiger partial charge < -0.3 is 13.9 Å². The predicted molar refractivity (Wildman–Crippen MR) is 104 cm³/mol. The number of oxazole rings is 1. The number of fused-ring (bicyclic) bond motifs is 2. The minimum atomic E-state index is -0.326. The number of methoxy groups -OCH3 is 2. The highest BCUT2D eigenvalue weighted by Gasteiger charge is 2.12. The average molecular weight is 364 g/mol. The third-order valence-corrected chi connectivity index (χ3v) is 4.79. The minimum absolute atomic E-state index is 0.326. The van der Waals surface area contributed by atoms with E-state index >= 15 is 0 Å². The Morgan fingerprint density at radius 3 is 2.59 bits per heavy atom. The Morgan fingerprint density at radius 1 is 1.07 bits per heavy atom. The van der Waals surface area contributed by atoms with Gasteiger partial charge in [0.25, 0.3) is 0 Å². The summed E-state index contributed by atoms with van der Waals surface area (Å²) in [6.45, 7) is 2.50. The molecular weight excluding hydrogens is 344 g/mol. The normalized spacial score (nSPS) is 11.2. The average Bonchev–Trinajstić information content (AvgIpc) is 3.01. The van der Waals surface area contributed by atoms with Crippen molar-refractivity contribution in [2.45, 2.75) is 19.9 Å². The van der Waals surface area contributed by atoms with Crippen LogP contribution < -0.4 is 15.2 Å². The third kappa shape index (κ3) is 2.93. The largest absolute Gasteiger partial charge is 0.493 e. The molecule has 0 bridgehead atoms. The smallest absolute Gasteiger partial charge is 0.419 e. The summed E-state index contributed by atoms with van der Waals surface area (Å²) in [5.74, 6) is 1.03. The number of pyridine rings is 1. The van der Waals surface area contributed by atoms with E-state index in [1.54, 1.807) is 18.8 Å². The van der Waals surface area contributed by atoms with Gasteiger partial charge in [-0.1, -0.05) is 6.07 Å². The highest BCUT2D eigenvalue weighted by Crippen LogP contribution is 2.34. The molecule has 0 saturated heterocycles. The lowest BCUT2D eigenvalue weighted by molar-refractivity contribution is 0.356. The molecule has 2 aromatic carbocycles. The van der Waals surface area contributed by atoms with Crippen molar-refractivity contribution in [1.82, 2.24) is 9.55 Å². The van der Waals surface area contributed by atoms with Crippen molar-refractivity contribution in [1.29, 1.82) is 0 Å². The molecule has 0 fully saturated rings. The van der Waals surface area contributed by atoms with Crippen LogP contribution in [0.4, 0.5) is 0 Å². The summed E-state index contributed by atoms with van der Waals surface area (Å²) in [6, 6.07) is 9.73. The molecule has 0 spiro atoms. The third-order valence-electron chi connectivity index (χ3n) is 4.79. The van der Waals surface area contributed by atoms with E-state index in [1.807, 2.05) is 49.6 Å². The number of aryl methyl sites for hydroxylation is 1. The molecule has 0 N–H and O–H groups in total. The molecule has 4 aromatic rings. The second-order valence-electron chi connectivity index (χ2n) is 6.32. The summed E-state index contributed by atoms with van der Waals surface area (Å²) in [5.41, 5.74) is 3.57. The van der Waals surface area contributed by atoms with Gasteiger partial charge >= 0.3 is 5.76 Å². The first-order valence-corrected chi connectivity index (χ1v) is 8.75. The highest BCUT2D eigenvalue weighted by atomic mass is 16.5. The van der Waals surface area contributed by atoms with Gasteiger partial charge in [-0.3, -0.25) is 9.55 Å². The summed E-state index contributed by atoms with van der Waals surface area (Å²) in [7, 11) is 3.25. The van der Waals surface area contributed by atoms with E-state index in [-0.39, 0.29) is 5.76 Å². The Hall–Kier alpha value is -3.28. The molecule has 0 aliphatic carbocycles. The first kappa shape index (κ1) is 17.1. The van der Waals surface area contributed by atoms with Gasteiger partial charge in [-0.2, -0.15) is 0 Å². The molecule has 2 heterocycles. The van der Waals surface area contributed by atoms with Crippen molar-refractivity contribution >= 4 is 21.9 Å². The van der Waals surface area contributed by atoms with Gasteiger partial charge in [0.1, 0.15) is 0 Å². The van der Waals surface area contributed by atoms with E-state index in [9.17, 15) is 4.79 Å². The Balaban J connectivity index is 1.81. The maximum atomic E-state index is 11.9. The molecule has 0 saturated carbocycles. The van der Waals surface area contributed by atoms with Gasteiger partial charge in [0.05, 0.1) is 19.7 Å². The standard InChI is InChI=1S/C21H20N2O4/c1-4-23-17-8-13(5-6-18(17)27-21(23)24)7-14-11-22-12-15-9-19(25-2)20(26-3)10-16(14)15/h5-6,8-12H,4,7H2,1-3H3. The Bertz CT molecular complexity index is 1190. The number of aromatic nitrogens is 2. The fourth-order valence-corrected chi connectivity index (χ4v) is 3.43. The maximum absolute atomic E-state index is 11.9. The molecule has 6 nitrogen and oxygen atoms in total. The Kier molecular flexibility index (Phi) is 4.32. The van der Waals surface area contributed by atoms with Crippen molar-refractivity contribution in [2.75, 3.05) is 14.2 Å². The van der Waals surface area contributed by atoms with Gasteiger partial charge in [0.2, 0.25) is 0 Å². The van der Waals surface area contributed by atoms with Crippen molar-refractivity contribution in [2.24, 2.45) is 0 Å². The SMILES string of the molecule is CCn1c(=O)oc2ccc(Cc3cncc4cc(OC)c(OC)cc34)cc21. The number of hydrogen-bond acceptors (Lipinski definition) is 5. The molecule has 0 amide bonds. The topological polar surface area (TPSA) is 66.5 Å². The molecule has 27 heavy (non-hydrogen) atoms. The second-order valence-corrected chi connectivity index (χ2v) is 6.32. The zero-order chi connectivity index (χ0) is 19.0. The van der Waals surface area contributed by atoms with Crippen LogP contribution >= 0.6 is 0 Å². The molecular formula is C21H20N2O4. The van der Waals surface area contributed by atoms with Gasteiger partial charge in [-0.15, -0.1) is 0 Å². The lowest BCUT2D eigenvalue weighted by atomic mass is 10.00. The lowest BCUT2D eigenvalue weighted by Gasteiger charge is -2.12. The number of nitrogens with zero attached hydrogens (tertiary/aromatic N) is 2. The zero-order valence-electron chi connectivity index (χ0n) is 15.5. The predicted octanol–water partition coefficient (Wildman–Crippen LogP) is 3.77. The minimum Gasteiger partial charge on any atom is -0.493 e. The molecule has 0 aliphatic heterocycles. The molecule has 6 heteroatoms. The van der Waals surface area contributed by atoms with Crippen LogP contribution in [-0.4, -0.2) is 23.8 Å². The molecule has 0 radical (unpaired) electrons. The van der Waals surface area contributed by atoms with Crippen molar-refractivity contribution in [3.05, 3.63) is 64.4 Å². The van der Waals surface area contributed by atoms with Crippen LogP contribution in [0.5, 0.6) is 11.5 Å². The maximum Gasteiger partial charge on any atom is 0.419 e. The fraction of sp³-hybridized carbons (Fsp3) is 0.238. The second kappa shape index (κ2) is 6.79. The van der Waals surface area contributed by atoms with Crippen molar-refractivity contribution in [3.8, 4) is 11.5 Å². The van der Waals surface area contributed by atoms with Gasteiger partial charge in [0.15, 0.2) is 17.1 Å². The van der Waals surface area contributed by atoms with Crippen LogP contribution in [0.3, 0.4) is 0 Å². The molecule has 0 atom stereocenters. The van der Waals surface area contributed by atoms with Crippen LogP contribution in [0.1, 0.15) is 18.1 Å². The molecule has 0 unspecified atom stereocenters. The zero-order valence-corrected chi connectivity index (χ0v) is 15.5. The summed E-state index contributed by atoms with van der Waals surface area (Å²) in [6.07, 6.45) is 4.36. The lowest BCUT2D eigenvalue weighted by Crippen LogP contribution is -2.12. The van der Waals surface area contributed by atoms with Crippen molar-refractivity contribution in [3.63, 3.8) is 0 Å². The molecule has 0 aliphatic rings. The molecule has 138 valence electrons. The molecule has 4 rings (SSSR count). The van der Waals surface area contributed by atoms with Gasteiger partial charge in [-0.05, 0) is 54.1 Å². The van der Waals surface area contributed by atoms with Crippen LogP contribution in [0.2, 0.25) is 0 Å². The summed E-state index contributed by atoms with van der Waals surface area (Å²) < 4.78 is 17.7. The van der Waals surface area contributed by atoms with Crippen LogP contribution in [0.15, 0.2) is 51.9 Å². The number of rotatable bonds is 5. The van der Waals surface area contributed by atoms with Crippen LogP contribution in [0, 0.1) is 0 Å². The summed E-state index contributed by atoms with van der Waals surface area (Å²) >= 11 is 0. The Morgan fingerprint density at radius 2 is 1.85 bits per heavy atom. The van der Waals surface area contributed by atoms with E-state index in [4.69, 9.17) is 13.9 Å². The number of benzene rings is 2. The quantitative estimate of drug-likeness (QED) is 0.539. The number of ether oxygens (including phenoxy) is 2. The highest BCUT2D eigenvalue weighted by molar-refractivity contribution is 5.88. The van der Waals surface area contributed by atoms with E-state index in [1.165, 1.54) is 0 Å². The first-order chi connectivity index (χ1) is 13.1. The molecule has 2 aromatic heterocycles. The van der Waals surface area contributed by atoms with E-state index in [2.05, 4.69) is 4.98 Å². The fourth-order valence-electron chi connectivity index (χ4n) is 3.43. The first-order valence-electron chi connectivity index (χ1n) is 8.75. The summed E-state index contributed by atoms with van der Waals surface area (Å²) in [4.78, 5) is 16.3. The van der Waals surface area contributed by atoms with Gasteiger partial charge in [0, 0.05) is 24.3 Å².